The van der Waals surface area contributed by atoms with Gasteiger partial charge in [-0.25, -0.2) is 12.8 Å². The number of hydrogen-bond acceptors (Lipinski definition) is 3. The molecule has 0 amide bonds. The van der Waals surface area contributed by atoms with Gasteiger partial charge in [-0.2, -0.15) is 8.78 Å². The Kier molecular flexibility index (Phi) is 6.36. The first-order chi connectivity index (χ1) is 5.23. The van der Waals surface area contributed by atoms with Crippen molar-refractivity contribution >= 4 is 10.1 Å². The molecule has 0 N–H and O–H groups in total. The van der Waals surface area contributed by atoms with Crippen LogP contribution < -0.4 is 18.9 Å². The Balaban J connectivity index is 0. The Bertz CT molecular complexity index is 241. The first kappa shape index (κ1) is 15.8. The van der Waals surface area contributed by atoms with Crippen LogP contribution in [0.25, 0.3) is 0 Å². The van der Waals surface area contributed by atoms with Crippen molar-refractivity contribution in [1.29, 1.82) is 0 Å². The summed E-state index contributed by atoms with van der Waals surface area (Å²) in [6.45, 7) is 1.40. The summed E-state index contributed by atoms with van der Waals surface area (Å²) < 4.78 is 66.3. The van der Waals surface area contributed by atoms with E-state index < -0.39 is 28.0 Å². The molecule has 13 heavy (non-hydrogen) atoms. The van der Waals surface area contributed by atoms with Crippen LogP contribution in [0.1, 0.15) is 19.8 Å². The molecule has 0 rings (SSSR count). The maximum absolute atomic E-state index is 12.3. The van der Waals surface area contributed by atoms with Gasteiger partial charge < -0.3 is 4.55 Å². The maximum atomic E-state index is 12.3. The summed E-state index contributed by atoms with van der Waals surface area (Å²) >= 11 is 0. The van der Waals surface area contributed by atoms with E-state index in [-0.39, 0.29) is 25.3 Å². The van der Waals surface area contributed by atoms with Crippen LogP contribution >= 0.6 is 0 Å². The van der Waals surface area contributed by atoms with Gasteiger partial charge in [0.25, 0.3) is 0 Å². The molecule has 0 fully saturated rings. The van der Waals surface area contributed by atoms with E-state index in [0.717, 1.165) is 0 Å². The van der Waals surface area contributed by atoms with Crippen molar-refractivity contribution < 1.29 is 45.0 Å². The van der Waals surface area contributed by atoms with Gasteiger partial charge >= 0.3 is 24.1 Å². The third-order valence-electron chi connectivity index (χ3n) is 1.24. The summed E-state index contributed by atoms with van der Waals surface area (Å²) in [5.74, 6) is 0. The SMILES string of the molecule is CCCC(F)C(F)(F)S(=O)(=O)[O-].[Li+]. The second-order valence-electron chi connectivity index (χ2n) is 2.27. The van der Waals surface area contributed by atoms with Crippen LogP contribution in [-0.4, -0.2) is 24.4 Å². The molecule has 0 spiro atoms. The van der Waals surface area contributed by atoms with Gasteiger partial charge in [0.1, 0.15) is 0 Å². The number of alkyl halides is 3. The zero-order valence-corrected chi connectivity index (χ0v) is 8.07. The van der Waals surface area contributed by atoms with E-state index in [1.54, 1.807) is 0 Å². The second kappa shape index (κ2) is 5.25. The molecule has 0 saturated carbocycles. The molecule has 0 heterocycles. The largest absolute Gasteiger partial charge is 1.00 e. The fraction of sp³-hybridized carbons (Fsp3) is 1.00. The van der Waals surface area contributed by atoms with Gasteiger partial charge in [-0.3, -0.25) is 0 Å². The summed E-state index contributed by atoms with van der Waals surface area (Å²) in [4.78, 5) is 0. The van der Waals surface area contributed by atoms with Crippen LogP contribution in [0.4, 0.5) is 13.2 Å². The van der Waals surface area contributed by atoms with Gasteiger partial charge in [-0.15, -0.1) is 0 Å². The van der Waals surface area contributed by atoms with Crippen LogP contribution in [0.15, 0.2) is 0 Å². The molecule has 3 nitrogen and oxygen atoms in total. The van der Waals surface area contributed by atoms with Gasteiger partial charge in [-0.1, -0.05) is 13.3 Å². The van der Waals surface area contributed by atoms with Crippen LogP contribution in [-0.2, 0) is 10.1 Å². The molecule has 74 valence electrons. The zero-order valence-electron chi connectivity index (χ0n) is 7.26. The fourth-order valence-electron chi connectivity index (χ4n) is 0.578. The molecule has 8 heteroatoms. The van der Waals surface area contributed by atoms with Gasteiger partial charge in [0.15, 0.2) is 16.3 Å². The molecule has 0 aromatic carbocycles. The topological polar surface area (TPSA) is 57.2 Å². The van der Waals surface area contributed by atoms with E-state index in [2.05, 4.69) is 0 Å². The maximum Gasteiger partial charge on any atom is 1.00 e. The third-order valence-corrected chi connectivity index (χ3v) is 2.16. The summed E-state index contributed by atoms with van der Waals surface area (Å²) in [6, 6.07) is 0. The molecule has 1 unspecified atom stereocenters. The van der Waals surface area contributed by atoms with Crippen molar-refractivity contribution in [3.8, 4) is 0 Å². The van der Waals surface area contributed by atoms with E-state index in [1.807, 2.05) is 0 Å². The van der Waals surface area contributed by atoms with E-state index in [1.165, 1.54) is 6.92 Å². The Labute approximate surface area is 86.6 Å². The zero-order chi connectivity index (χ0) is 9.99. The minimum atomic E-state index is -5.88. The molecule has 0 radical (unpaired) electrons. The molecule has 0 aromatic heterocycles. The minimum Gasteiger partial charge on any atom is -0.743 e. The monoisotopic (exact) mass is 212 g/mol. The van der Waals surface area contributed by atoms with E-state index >= 15 is 0 Å². The minimum absolute atomic E-state index is 0. The van der Waals surface area contributed by atoms with Gasteiger partial charge in [0.2, 0.25) is 0 Å². The van der Waals surface area contributed by atoms with Gasteiger partial charge in [-0.05, 0) is 6.42 Å². The van der Waals surface area contributed by atoms with Crippen molar-refractivity contribution in [2.75, 3.05) is 0 Å². The molecular formula is C5H8F3LiO3S. The fourth-order valence-corrected chi connectivity index (χ4v) is 1.01. The van der Waals surface area contributed by atoms with Crippen molar-refractivity contribution in [2.24, 2.45) is 0 Å². The van der Waals surface area contributed by atoms with Gasteiger partial charge in [0, 0.05) is 0 Å². The van der Waals surface area contributed by atoms with Crippen LogP contribution in [0.3, 0.4) is 0 Å². The summed E-state index contributed by atoms with van der Waals surface area (Å²) in [5.41, 5.74) is 0. The Morgan fingerprint density at radius 1 is 1.46 bits per heavy atom. The predicted octanol–water partition coefficient (Wildman–Crippen LogP) is -1.73. The van der Waals surface area contributed by atoms with Gasteiger partial charge in [0.05, 0.1) is 0 Å². The molecule has 1 atom stereocenters. The van der Waals surface area contributed by atoms with E-state index in [4.69, 9.17) is 0 Å². The van der Waals surface area contributed by atoms with Crippen molar-refractivity contribution in [2.45, 2.75) is 31.2 Å². The molecule has 0 bridgehead atoms. The second-order valence-corrected chi connectivity index (χ2v) is 3.72. The first-order valence-electron chi connectivity index (χ1n) is 3.20. The quantitative estimate of drug-likeness (QED) is 0.411. The summed E-state index contributed by atoms with van der Waals surface area (Å²) in [7, 11) is -5.88. The van der Waals surface area contributed by atoms with Crippen LogP contribution in [0, 0.1) is 0 Å². The third kappa shape index (κ3) is 3.89. The summed E-state index contributed by atoms with van der Waals surface area (Å²) in [5, 5.41) is -4.80. The molecule has 0 aliphatic rings. The molecule has 0 aromatic rings. The molecule has 0 saturated heterocycles. The van der Waals surface area contributed by atoms with Crippen molar-refractivity contribution in [1.82, 2.24) is 0 Å². The first-order valence-corrected chi connectivity index (χ1v) is 4.61. The predicted molar refractivity (Wildman–Crippen MR) is 34.4 cm³/mol. The standard InChI is InChI=1S/C5H9F3O3S.Li/c1-2-3-4(6)5(7,8)12(9,10)11;/h4H,2-3H2,1H3,(H,9,10,11);/q;+1/p-1. The average molecular weight is 212 g/mol. The van der Waals surface area contributed by atoms with Crippen molar-refractivity contribution in [3.05, 3.63) is 0 Å². The molecular weight excluding hydrogens is 204 g/mol. The van der Waals surface area contributed by atoms with Crippen molar-refractivity contribution in [3.63, 3.8) is 0 Å². The smallest absolute Gasteiger partial charge is 0.743 e. The Hall–Kier alpha value is 0.297. The van der Waals surface area contributed by atoms with E-state index in [9.17, 15) is 26.1 Å². The average Bonchev–Trinajstić information content (AvgIpc) is 1.85. The number of halogens is 3. The summed E-state index contributed by atoms with van der Waals surface area (Å²) in [6.07, 6.45) is -3.51. The number of hydrogen-bond donors (Lipinski definition) is 0. The Morgan fingerprint density at radius 3 is 2.08 bits per heavy atom. The molecule has 0 aliphatic heterocycles. The van der Waals surface area contributed by atoms with E-state index in [0.29, 0.717) is 0 Å². The van der Waals surface area contributed by atoms with Crippen LogP contribution in [0.2, 0.25) is 0 Å². The number of rotatable bonds is 4. The normalized spacial score (nSPS) is 14.8. The molecule has 0 aliphatic carbocycles. The van der Waals surface area contributed by atoms with Crippen LogP contribution in [0.5, 0.6) is 0 Å². The Morgan fingerprint density at radius 2 is 1.85 bits per heavy atom.